The van der Waals surface area contributed by atoms with Crippen LogP contribution < -0.4 is 4.74 Å². The molecule has 1 rings (SSSR count). The predicted octanol–water partition coefficient (Wildman–Crippen LogP) is 2.91. The number of benzene rings is 1. The van der Waals surface area contributed by atoms with Gasteiger partial charge in [-0.2, -0.15) is 18.4 Å². The highest BCUT2D eigenvalue weighted by Crippen LogP contribution is 2.36. The first-order valence-corrected chi connectivity index (χ1v) is 5.69. The maximum atomic E-state index is 12.8. The van der Waals surface area contributed by atoms with Crippen molar-refractivity contribution in [2.75, 3.05) is 13.7 Å². The maximum Gasteiger partial charge on any atom is 0.420 e. The number of esters is 1. The largest absolute Gasteiger partial charge is 0.493 e. The summed E-state index contributed by atoms with van der Waals surface area (Å²) in [6, 6.07) is 4.71. The Labute approximate surface area is 113 Å². The number of rotatable bonds is 5. The number of nitrogens with zero attached hydrogens (tertiary/aromatic N) is 1. The van der Waals surface area contributed by atoms with Crippen LogP contribution in [0.15, 0.2) is 18.2 Å². The topological polar surface area (TPSA) is 59.3 Å². The molecule has 0 fully saturated rings. The molecule has 0 aromatic heterocycles. The summed E-state index contributed by atoms with van der Waals surface area (Å²) in [5, 5.41) is 8.61. The van der Waals surface area contributed by atoms with Crippen LogP contribution in [0.25, 0.3) is 0 Å². The average molecular weight is 287 g/mol. The highest BCUT2D eigenvalue weighted by molar-refractivity contribution is 5.69. The van der Waals surface area contributed by atoms with Gasteiger partial charge in [0.1, 0.15) is 5.75 Å². The van der Waals surface area contributed by atoms with E-state index in [0.717, 1.165) is 12.1 Å². The lowest BCUT2D eigenvalue weighted by Gasteiger charge is -2.14. The van der Waals surface area contributed by atoms with E-state index in [0.29, 0.717) is 0 Å². The van der Waals surface area contributed by atoms with Gasteiger partial charge in [-0.05, 0) is 24.6 Å². The van der Waals surface area contributed by atoms with Gasteiger partial charge in [0.2, 0.25) is 0 Å². The molecule has 0 aliphatic rings. The number of carbonyl (C=O) groups is 1. The maximum absolute atomic E-state index is 12.8. The van der Waals surface area contributed by atoms with Crippen LogP contribution in [0.4, 0.5) is 13.2 Å². The Bertz CT molecular complexity index is 521. The van der Waals surface area contributed by atoms with Crippen LogP contribution >= 0.6 is 0 Å². The Morgan fingerprint density at radius 3 is 2.65 bits per heavy atom. The summed E-state index contributed by atoms with van der Waals surface area (Å²) in [6.45, 7) is -0.0515. The number of hydrogen-bond donors (Lipinski definition) is 0. The molecule has 0 saturated heterocycles. The molecule has 0 unspecified atom stereocenters. The van der Waals surface area contributed by atoms with Crippen LogP contribution in [-0.2, 0) is 15.7 Å². The number of carbonyl (C=O) groups excluding carboxylic acids is 1. The Balaban J connectivity index is 2.75. The highest BCUT2D eigenvalue weighted by atomic mass is 19.4. The van der Waals surface area contributed by atoms with Gasteiger partial charge in [-0.25, -0.2) is 0 Å². The molecule has 0 heterocycles. The fraction of sp³-hybridized carbons (Fsp3) is 0.385. The number of hydrogen-bond acceptors (Lipinski definition) is 4. The molecule has 0 bridgehead atoms. The molecule has 0 saturated carbocycles. The lowest BCUT2D eigenvalue weighted by Crippen LogP contribution is -2.10. The first-order valence-electron chi connectivity index (χ1n) is 5.69. The van der Waals surface area contributed by atoms with E-state index in [4.69, 9.17) is 10.00 Å². The molecule has 0 aliphatic carbocycles. The molecule has 108 valence electrons. The summed E-state index contributed by atoms with van der Waals surface area (Å²) >= 11 is 0. The van der Waals surface area contributed by atoms with Gasteiger partial charge >= 0.3 is 12.1 Å². The average Bonchev–Trinajstić information content (AvgIpc) is 2.42. The normalized spacial score (nSPS) is 10.8. The van der Waals surface area contributed by atoms with Gasteiger partial charge in [-0.1, -0.05) is 0 Å². The lowest BCUT2D eigenvalue weighted by atomic mass is 10.1. The molecule has 0 aliphatic heterocycles. The summed E-state index contributed by atoms with van der Waals surface area (Å²) in [5.41, 5.74) is -1.10. The highest BCUT2D eigenvalue weighted by Gasteiger charge is 2.34. The van der Waals surface area contributed by atoms with Crippen molar-refractivity contribution in [3.05, 3.63) is 29.3 Å². The number of nitriles is 1. The second kappa shape index (κ2) is 6.80. The third-order valence-electron chi connectivity index (χ3n) is 2.42. The lowest BCUT2D eigenvalue weighted by molar-refractivity contribution is -0.141. The van der Waals surface area contributed by atoms with Crippen molar-refractivity contribution in [3.63, 3.8) is 0 Å². The van der Waals surface area contributed by atoms with Crippen LogP contribution in [0, 0.1) is 11.3 Å². The zero-order valence-corrected chi connectivity index (χ0v) is 10.7. The van der Waals surface area contributed by atoms with E-state index >= 15 is 0 Å². The summed E-state index contributed by atoms with van der Waals surface area (Å²) in [7, 11) is 1.23. The molecular weight excluding hydrogens is 275 g/mol. The molecule has 4 nitrogen and oxygen atoms in total. The van der Waals surface area contributed by atoms with E-state index in [1.165, 1.54) is 13.2 Å². The summed E-state index contributed by atoms with van der Waals surface area (Å²) in [6.07, 6.45) is -4.30. The van der Waals surface area contributed by atoms with Crippen LogP contribution in [0.2, 0.25) is 0 Å². The second-order valence-corrected chi connectivity index (χ2v) is 3.85. The third kappa shape index (κ3) is 4.46. The molecule has 0 radical (unpaired) electrons. The van der Waals surface area contributed by atoms with Gasteiger partial charge in [0.05, 0.1) is 30.9 Å². The molecular formula is C13H12F3NO3. The van der Waals surface area contributed by atoms with E-state index in [9.17, 15) is 18.0 Å². The number of alkyl halides is 3. The minimum absolute atomic E-state index is 0.0515. The number of ether oxygens (including phenoxy) is 2. The van der Waals surface area contributed by atoms with Gasteiger partial charge < -0.3 is 9.47 Å². The summed E-state index contributed by atoms with van der Waals surface area (Å²) < 4.78 is 47.8. The predicted molar refractivity (Wildman–Crippen MR) is 62.9 cm³/mol. The van der Waals surface area contributed by atoms with Crippen molar-refractivity contribution >= 4 is 5.97 Å². The SMILES string of the molecule is COC(=O)CCCOc1ccc(C#N)cc1C(F)(F)F. The van der Waals surface area contributed by atoms with Crippen LogP contribution in [0.1, 0.15) is 24.0 Å². The van der Waals surface area contributed by atoms with Crippen molar-refractivity contribution in [2.45, 2.75) is 19.0 Å². The van der Waals surface area contributed by atoms with Crippen molar-refractivity contribution in [3.8, 4) is 11.8 Å². The fourth-order valence-electron chi connectivity index (χ4n) is 1.45. The molecule has 0 spiro atoms. The smallest absolute Gasteiger partial charge is 0.420 e. The van der Waals surface area contributed by atoms with Crippen molar-refractivity contribution < 1.29 is 27.4 Å². The second-order valence-electron chi connectivity index (χ2n) is 3.85. The van der Waals surface area contributed by atoms with E-state index in [-0.39, 0.29) is 30.8 Å². The first-order chi connectivity index (χ1) is 9.38. The minimum Gasteiger partial charge on any atom is -0.493 e. The summed E-state index contributed by atoms with van der Waals surface area (Å²) in [5.74, 6) is -0.814. The fourth-order valence-corrected chi connectivity index (χ4v) is 1.45. The van der Waals surface area contributed by atoms with E-state index in [2.05, 4.69) is 4.74 Å². The van der Waals surface area contributed by atoms with Gasteiger partial charge in [0.25, 0.3) is 0 Å². The minimum atomic E-state index is -4.61. The summed E-state index contributed by atoms with van der Waals surface area (Å²) in [4.78, 5) is 10.8. The van der Waals surface area contributed by atoms with E-state index in [1.54, 1.807) is 6.07 Å². The van der Waals surface area contributed by atoms with E-state index < -0.39 is 17.7 Å². The zero-order valence-electron chi connectivity index (χ0n) is 10.7. The number of methoxy groups -OCH3 is 1. The Morgan fingerprint density at radius 2 is 2.10 bits per heavy atom. The van der Waals surface area contributed by atoms with Crippen molar-refractivity contribution in [2.24, 2.45) is 0 Å². The quantitative estimate of drug-likeness (QED) is 0.617. The first kappa shape index (κ1) is 15.8. The van der Waals surface area contributed by atoms with Crippen molar-refractivity contribution in [1.82, 2.24) is 0 Å². The Hall–Kier alpha value is -2.23. The standard InChI is InChI=1S/C13H12F3NO3/c1-19-12(18)3-2-6-20-11-5-4-9(8-17)7-10(11)13(14,15)16/h4-5,7H,2-3,6H2,1H3. The van der Waals surface area contributed by atoms with E-state index in [1.807, 2.05) is 0 Å². The molecule has 0 N–H and O–H groups in total. The molecule has 7 heteroatoms. The Kier molecular flexibility index (Phi) is 5.38. The monoisotopic (exact) mass is 287 g/mol. The molecule has 0 atom stereocenters. The molecule has 1 aromatic carbocycles. The molecule has 20 heavy (non-hydrogen) atoms. The molecule has 0 amide bonds. The van der Waals surface area contributed by atoms with Gasteiger partial charge in [0.15, 0.2) is 0 Å². The van der Waals surface area contributed by atoms with Crippen LogP contribution in [0.5, 0.6) is 5.75 Å². The third-order valence-corrected chi connectivity index (χ3v) is 2.42. The molecule has 1 aromatic rings. The number of halogens is 3. The van der Waals surface area contributed by atoms with Gasteiger partial charge in [0, 0.05) is 6.42 Å². The zero-order chi connectivity index (χ0) is 15.2. The van der Waals surface area contributed by atoms with Gasteiger partial charge in [-0.15, -0.1) is 0 Å². The Morgan fingerprint density at radius 1 is 1.40 bits per heavy atom. The van der Waals surface area contributed by atoms with Crippen molar-refractivity contribution in [1.29, 1.82) is 5.26 Å². The van der Waals surface area contributed by atoms with Crippen LogP contribution in [0.3, 0.4) is 0 Å². The van der Waals surface area contributed by atoms with Gasteiger partial charge in [-0.3, -0.25) is 4.79 Å². The van der Waals surface area contributed by atoms with Crippen LogP contribution in [-0.4, -0.2) is 19.7 Å².